The fourth-order valence-corrected chi connectivity index (χ4v) is 8.82. The number of likely N-dealkylation sites (tertiary alicyclic amines) is 1. The predicted octanol–water partition coefficient (Wildman–Crippen LogP) is 3.12. The maximum Gasteiger partial charge on any atom is 0.262 e. The van der Waals surface area contributed by atoms with Crippen LogP contribution in [0, 0.1) is 5.92 Å². The van der Waals surface area contributed by atoms with Crippen molar-refractivity contribution < 1.29 is 28.7 Å². The molecule has 1 N–H and O–H groups in total. The molecule has 15 heteroatoms. The van der Waals surface area contributed by atoms with Gasteiger partial charge in [0.05, 0.1) is 36.3 Å². The summed E-state index contributed by atoms with van der Waals surface area (Å²) in [5.74, 6) is 0.919. The van der Waals surface area contributed by atoms with E-state index in [1.807, 2.05) is 49.5 Å². The molecule has 4 aromatic rings. The normalized spacial score (nSPS) is 19.1. The Kier molecular flexibility index (Phi) is 10.7. The van der Waals surface area contributed by atoms with Gasteiger partial charge < -0.3 is 23.8 Å². The number of piperidine rings is 1. The Balaban J connectivity index is 0.831. The van der Waals surface area contributed by atoms with Crippen molar-refractivity contribution in [3.8, 4) is 22.6 Å². The molecule has 1 atom stereocenters. The number of imide groups is 2. The van der Waals surface area contributed by atoms with Crippen LogP contribution in [-0.4, -0.2) is 128 Å². The second-order valence-corrected chi connectivity index (χ2v) is 16.0. The van der Waals surface area contributed by atoms with Crippen LogP contribution in [0.25, 0.3) is 21.9 Å². The van der Waals surface area contributed by atoms with Crippen LogP contribution in [0.3, 0.4) is 0 Å². The average Bonchev–Trinajstić information content (AvgIpc) is 3.45. The Bertz CT molecular complexity index is 2340. The number of aromatic nitrogens is 2. The topological polar surface area (TPSA) is 150 Å². The van der Waals surface area contributed by atoms with Gasteiger partial charge in [-0.05, 0) is 73.7 Å². The number of carbonyl (C=O) groups is 4. The highest BCUT2D eigenvalue weighted by Crippen LogP contribution is 2.39. The number of hydrogen-bond acceptors (Lipinski definition) is 12. The van der Waals surface area contributed by atoms with Crippen molar-refractivity contribution in [3.63, 3.8) is 0 Å². The molecule has 0 saturated carbocycles. The number of benzene rings is 2. The number of piperazine rings is 1. The van der Waals surface area contributed by atoms with Gasteiger partial charge in [0.2, 0.25) is 11.8 Å². The highest BCUT2D eigenvalue weighted by Gasteiger charge is 2.45. The van der Waals surface area contributed by atoms with Crippen molar-refractivity contribution in [2.24, 2.45) is 13.0 Å². The zero-order chi connectivity index (χ0) is 40.8. The van der Waals surface area contributed by atoms with Crippen LogP contribution >= 0.6 is 0 Å². The van der Waals surface area contributed by atoms with Crippen LogP contribution < -0.4 is 30.1 Å². The number of carbonyl (C=O) groups excluding carboxylic acids is 4. The summed E-state index contributed by atoms with van der Waals surface area (Å²) in [5.41, 5.74) is 4.19. The van der Waals surface area contributed by atoms with Gasteiger partial charge in [-0.25, -0.2) is 4.98 Å². The second kappa shape index (κ2) is 15.9. The van der Waals surface area contributed by atoms with Gasteiger partial charge in [0.25, 0.3) is 17.4 Å². The van der Waals surface area contributed by atoms with Crippen LogP contribution in [0.1, 0.15) is 52.0 Å². The Hall–Kier alpha value is -5.80. The maximum atomic E-state index is 13.3. The molecule has 15 nitrogen and oxygen atoms in total. The number of fused-ring (bicyclic) bond motifs is 2. The fourth-order valence-electron chi connectivity index (χ4n) is 8.82. The van der Waals surface area contributed by atoms with Gasteiger partial charge in [-0.1, -0.05) is 0 Å². The van der Waals surface area contributed by atoms with Crippen LogP contribution in [0.4, 0.5) is 11.5 Å². The lowest BCUT2D eigenvalue weighted by atomic mass is 9.93. The zero-order valence-electron chi connectivity index (χ0n) is 33.7. The molecule has 3 saturated heterocycles. The molecule has 1 unspecified atom stereocenters. The third-order valence-corrected chi connectivity index (χ3v) is 12.1. The number of nitrogens with one attached hydrogen (secondary N) is 1. The van der Waals surface area contributed by atoms with E-state index in [1.54, 1.807) is 44.2 Å². The summed E-state index contributed by atoms with van der Waals surface area (Å²) in [6.45, 7) is 7.18. The SMILES string of the molecule is COc1cc(-c2cn(C)c(=O)c3cnc(N(C)C)cc23)cc(OC)c1CN1CC(CCCN2CCN(c3ccc4c(c3)C(=O)N(C3CCC(=O)NC3=O)C4=O)CC2)C1. The van der Waals surface area contributed by atoms with Crippen molar-refractivity contribution in [1.82, 2.24) is 29.6 Å². The minimum absolute atomic E-state index is 0.0941. The molecule has 0 bridgehead atoms. The van der Waals surface area contributed by atoms with Crippen molar-refractivity contribution >= 4 is 45.9 Å². The van der Waals surface area contributed by atoms with E-state index in [1.165, 1.54) is 0 Å². The Morgan fingerprint density at radius 3 is 2.22 bits per heavy atom. The van der Waals surface area contributed by atoms with Crippen molar-refractivity contribution in [1.29, 1.82) is 0 Å². The number of anilines is 2. The zero-order valence-corrected chi connectivity index (χ0v) is 33.7. The first-order chi connectivity index (χ1) is 27.9. The highest BCUT2D eigenvalue weighted by molar-refractivity contribution is 6.23. The standard InChI is InChI=1S/C43H50N8O7/c1-46(2)38-20-30-32(21-44-38)41(54)47(3)24-33(30)27-17-36(57-4)34(37(18-27)58-5)25-49-22-26(23-49)7-6-12-48-13-15-50(16-14-48)28-8-9-29-31(19-28)43(56)51(42(29)55)35-10-11-39(52)45-40(35)53/h8-9,17-21,24,26,35H,6-7,10-16,22-23,25H2,1-5H3,(H,45,52,53). The Labute approximate surface area is 337 Å². The summed E-state index contributed by atoms with van der Waals surface area (Å²) >= 11 is 0. The molecule has 3 fully saturated rings. The van der Waals surface area contributed by atoms with Gasteiger partial charge in [-0.15, -0.1) is 0 Å². The van der Waals surface area contributed by atoms with E-state index in [2.05, 4.69) is 25.0 Å². The fraction of sp³-hybridized carbons (Fsp3) is 0.442. The molecular weight excluding hydrogens is 741 g/mol. The molecule has 0 radical (unpaired) electrons. The quantitative estimate of drug-likeness (QED) is 0.210. The van der Waals surface area contributed by atoms with Crippen molar-refractivity contribution in [2.45, 2.75) is 38.3 Å². The number of amides is 4. The summed E-state index contributed by atoms with van der Waals surface area (Å²) < 4.78 is 13.5. The molecule has 2 aromatic heterocycles. The van der Waals surface area contributed by atoms with E-state index in [0.717, 1.165) is 109 Å². The van der Waals surface area contributed by atoms with E-state index < -0.39 is 23.8 Å². The number of rotatable bonds is 12. The van der Waals surface area contributed by atoms with Gasteiger partial charge in [0.15, 0.2) is 0 Å². The Morgan fingerprint density at radius 1 is 0.845 bits per heavy atom. The molecule has 0 aliphatic carbocycles. The third-order valence-electron chi connectivity index (χ3n) is 12.1. The molecule has 4 aliphatic rings. The number of nitrogens with zero attached hydrogens (tertiary/aromatic N) is 7. The molecule has 4 amide bonds. The lowest BCUT2D eigenvalue weighted by molar-refractivity contribution is -0.136. The number of pyridine rings is 2. The number of hydrogen-bond donors (Lipinski definition) is 1. The van der Waals surface area contributed by atoms with Crippen LogP contribution in [-0.2, 0) is 23.2 Å². The van der Waals surface area contributed by atoms with Gasteiger partial charge in [0.1, 0.15) is 23.4 Å². The van der Waals surface area contributed by atoms with E-state index in [9.17, 15) is 24.0 Å². The molecule has 0 spiro atoms. The summed E-state index contributed by atoms with van der Waals surface area (Å²) in [6.07, 6.45) is 6.01. The molecule has 4 aliphatic heterocycles. The van der Waals surface area contributed by atoms with Crippen LogP contribution in [0.5, 0.6) is 11.5 Å². The summed E-state index contributed by atoms with van der Waals surface area (Å²) in [6, 6.07) is 10.4. The van der Waals surface area contributed by atoms with Gasteiger partial charge in [-0.3, -0.25) is 44.0 Å². The molecular formula is C43H50N8O7. The lowest BCUT2D eigenvalue weighted by Gasteiger charge is -2.40. The monoisotopic (exact) mass is 790 g/mol. The molecule has 304 valence electrons. The summed E-state index contributed by atoms with van der Waals surface area (Å²) in [5, 5.41) is 3.62. The first-order valence-electron chi connectivity index (χ1n) is 19.9. The summed E-state index contributed by atoms with van der Waals surface area (Å²) in [7, 11) is 8.97. The van der Waals surface area contributed by atoms with Crippen LogP contribution in [0.2, 0.25) is 0 Å². The molecule has 8 rings (SSSR count). The number of aryl methyl sites for hydroxylation is 1. The maximum absolute atomic E-state index is 13.3. The first-order valence-corrected chi connectivity index (χ1v) is 19.9. The largest absolute Gasteiger partial charge is 0.496 e. The molecule has 2 aromatic carbocycles. The second-order valence-electron chi connectivity index (χ2n) is 16.0. The lowest BCUT2D eigenvalue weighted by Crippen LogP contribution is -2.54. The van der Waals surface area contributed by atoms with E-state index in [0.29, 0.717) is 29.0 Å². The first kappa shape index (κ1) is 39.0. The number of ether oxygens (including phenoxy) is 2. The van der Waals surface area contributed by atoms with Crippen molar-refractivity contribution in [2.75, 3.05) is 83.9 Å². The van der Waals surface area contributed by atoms with E-state index in [4.69, 9.17) is 9.47 Å². The van der Waals surface area contributed by atoms with Gasteiger partial charge in [-0.2, -0.15) is 0 Å². The van der Waals surface area contributed by atoms with E-state index >= 15 is 0 Å². The molecule has 6 heterocycles. The number of methoxy groups -OCH3 is 2. The van der Waals surface area contributed by atoms with Gasteiger partial charge in [0, 0.05) is 102 Å². The minimum atomic E-state index is -0.970. The smallest absolute Gasteiger partial charge is 0.262 e. The Morgan fingerprint density at radius 2 is 1.55 bits per heavy atom. The summed E-state index contributed by atoms with van der Waals surface area (Å²) in [4.78, 5) is 78.1. The van der Waals surface area contributed by atoms with Gasteiger partial charge >= 0.3 is 0 Å². The minimum Gasteiger partial charge on any atom is -0.496 e. The van der Waals surface area contributed by atoms with Crippen LogP contribution in [0.15, 0.2) is 53.6 Å². The average molecular weight is 791 g/mol. The molecule has 58 heavy (non-hydrogen) atoms. The third kappa shape index (κ3) is 7.28. The van der Waals surface area contributed by atoms with E-state index in [-0.39, 0.29) is 24.3 Å². The highest BCUT2D eigenvalue weighted by atomic mass is 16.5. The van der Waals surface area contributed by atoms with Crippen molar-refractivity contribution in [3.05, 3.63) is 75.8 Å². The predicted molar refractivity (Wildman–Crippen MR) is 220 cm³/mol.